The zero-order chi connectivity index (χ0) is 17.5. The van der Waals surface area contributed by atoms with Gasteiger partial charge in [-0.3, -0.25) is 0 Å². The van der Waals surface area contributed by atoms with E-state index in [1.54, 1.807) is 0 Å². The second-order valence-electron chi connectivity index (χ2n) is 6.64. The maximum atomic E-state index is 6.50. The van der Waals surface area contributed by atoms with Crippen LogP contribution in [0.2, 0.25) is 5.02 Å². The maximum absolute atomic E-state index is 6.50. The molecule has 1 heterocycles. The third-order valence-electron chi connectivity index (χ3n) is 5.08. The summed E-state index contributed by atoms with van der Waals surface area (Å²) in [6.07, 6.45) is 2.04. The minimum atomic E-state index is 0.733. The maximum Gasteiger partial charge on any atom is 0.142 e. The second-order valence-corrected chi connectivity index (χ2v) is 7.08. The van der Waals surface area contributed by atoms with Gasteiger partial charge in [0.25, 0.3) is 0 Å². The normalized spacial score (nSPS) is 12.5. The van der Waals surface area contributed by atoms with Gasteiger partial charge in [0.1, 0.15) is 11.5 Å². The molecule has 2 heteroatoms. The molecular weight excluding hydrogens is 340 g/mol. The molecule has 0 aliphatic heterocycles. The average molecular weight is 357 g/mol. The first-order chi connectivity index (χ1) is 12.8. The van der Waals surface area contributed by atoms with Crippen LogP contribution < -0.4 is 0 Å². The van der Waals surface area contributed by atoms with Crippen molar-refractivity contribution in [2.45, 2.75) is 12.8 Å². The molecule has 0 saturated heterocycles. The van der Waals surface area contributed by atoms with Crippen LogP contribution in [0.5, 0.6) is 0 Å². The van der Waals surface area contributed by atoms with E-state index in [0.29, 0.717) is 0 Å². The van der Waals surface area contributed by atoms with E-state index in [0.717, 1.165) is 34.9 Å². The topological polar surface area (TPSA) is 13.1 Å². The van der Waals surface area contributed by atoms with E-state index in [1.165, 1.54) is 27.8 Å². The number of rotatable bonds is 2. The van der Waals surface area contributed by atoms with Gasteiger partial charge in [0.15, 0.2) is 0 Å². The van der Waals surface area contributed by atoms with Gasteiger partial charge in [-0.05, 0) is 48.2 Å². The van der Waals surface area contributed by atoms with Crippen molar-refractivity contribution in [2.24, 2.45) is 0 Å². The highest BCUT2D eigenvalue weighted by Gasteiger charge is 2.27. The summed E-state index contributed by atoms with van der Waals surface area (Å²) in [7, 11) is 0. The number of hydrogen-bond donors (Lipinski definition) is 0. The Bertz CT molecular complexity index is 1080. The lowest BCUT2D eigenvalue weighted by Crippen LogP contribution is -2.02. The lowest BCUT2D eigenvalue weighted by atomic mass is 9.86. The van der Waals surface area contributed by atoms with E-state index < -0.39 is 0 Å². The standard InChI is InChI=1S/C24H17ClO/c25-19-13-10-18(11-14-19)23-22(17-7-2-1-3-8-17)21-15-12-16-6-4-5-9-20(16)24(21)26-23/h1-11,13-14H,12,15H2. The Morgan fingerprint density at radius 1 is 0.654 bits per heavy atom. The highest BCUT2D eigenvalue weighted by Crippen LogP contribution is 2.46. The molecular formula is C24H17ClO. The van der Waals surface area contributed by atoms with Crippen LogP contribution in [0.3, 0.4) is 0 Å². The van der Waals surface area contributed by atoms with Gasteiger partial charge in [-0.1, -0.05) is 66.2 Å². The fourth-order valence-corrected chi connectivity index (χ4v) is 3.98. The SMILES string of the molecule is Clc1ccc(-c2oc3c(c2-c2ccccc2)CCc2ccccc2-3)cc1. The highest BCUT2D eigenvalue weighted by atomic mass is 35.5. The molecule has 126 valence electrons. The Balaban J connectivity index is 1.80. The number of benzene rings is 3. The third kappa shape index (κ3) is 2.48. The highest BCUT2D eigenvalue weighted by molar-refractivity contribution is 6.30. The van der Waals surface area contributed by atoms with E-state index in [1.807, 2.05) is 30.3 Å². The number of fused-ring (bicyclic) bond motifs is 3. The first kappa shape index (κ1) is 15.5. The number of aryl methyl sites for hydroxylation is 1. The largest absolute Gasteiger partial charge is 0.455 e. The van der Waals surface area contributed by atoms with Gasteiger partial charge in [0, 0.05) is 27.3 Å². The zero-order valence-corrected chi connectivity index (χ0v) is 15.0. The molecule has 0 saturated carbocycles. The summed E-state index contributed by atoms with van der Waals surface area (Å²) in [6.45, 7) is 0. The van der Waals surface area contributed by atoms with Crippen molar-refractivity contribution < 1.29 is 4.42 Å². The molecule has 1 aliphatic rings. The van der Waals surface area contributed by atoms with Crippen LogP contribution in [0.15, 0.2) is 83.3 Å². The van der Waals surface area contributed by atoms with Crippen LogP contribution in [0.4, 0.5) is 0 Å². The Morgan fingerprint density at radius 3 is 2.19 bits per heavy atom. The molecule has 0 atom stereocenters. The quantitative estimate of drug-likeness (QED) is 0.375. The van der Waals surface area contributed by atoms with Crippen molar-refractivity contribution in [2.75, 3.05) is 0 Å². The third-order valence-corrected chi connectivity index (χ3v) is 5.33. The van der Waals surface area contributed by atoms with Gasteiger partial charge < -0.3 is 4.42 Å². The molecule has 1 nitrogen and oxygen atoms in total. The van der Waals surface area contributed by atoms with Crippen LogP contribution in [0.1, 0.15) is 11.1 Å². The van der Waals surface area contributed by atoms with Gasteiger partial charge in [0.05, 0.1) is 0 Å². The van der Waals surface area contributed by atoms with E-state index in [2.05, 4.69) is 48.5 Å². The molecule has 0 N–H and O–H groups in total. The van der Waals surface area contributed by atoms with Gasteiger partial charge in [-0.25, -0.2) is 0 Å². The van der Waals surface area contributed by atoms with Crippen molar-refractivity contribution in [1.82, 2.24) is 0 Å². The summed E-state index contributed by atoms with van der Waals surface area (Å²) in [5, 5.41) is 0.733. The van der Waals surface area contributed by atoms with Crippen LogP contribution >= 0.6 is 11.6 Å². The predicted molar refractivity (Wildman–Crippen MR) is 107 cm³/mol. The molecule has 0 radical (unpaired) electrons. The Labute approximate surface area is 157 Å². The van der Waals surface area contributed by atoms with Crippen molar-refractivity contribution in [3.63, 3.8) is 0 Å². The van der Waals surface area contributed by atoms with Crippen LogP contribution in [0.25, 0.3) is 33.8 Å². The summed E-state index contributed by atoms with van der Waals surface area (Å²) >= 11 is 6.09. The van der Waals surface area contributed by atoms with Gasteiger partial charge in [-0.15, -0.1) is 0 Å². The van der Waals surface area contributed by atoms with E-state index in [4.69, 9.17) is 16.0 Å². The van der Waals surface area contributed by atoms with Gasteiger partial charge in [-0.2, -0.15) is 0 Å². The molecule has 0 spiro atoms. The fourth-order valence-electron chi connectivity index (χ4n) is 3.86. The van der Waals surface area contributed by atoms with E-state index in [-0.39, 0.29) is 0 Å². The molecule has 0 fully saturated rings. The Kier molecular flexibility index (Phi) is 3.69. The van der Waals surface area contributed by atoms with Crippen molar-refractivity contribution >= 4 is 11.6 Å². The number of hydrogen-bond acceptors (Lipinski definition) is 1. The van der Waals surface area contributed by atoms with Gasteiger partial charge >= 0.3 is 0 Å². The summed E-state index contributed by atoms with van der Waals surface area (Å²) in [4.78, 5) is 0. The summed E-state index contributed by atoms with van der Waals surface area (Å²) < 4.78 is 6.50. The molecule has 3 aromatic carbocycles. The monoisotopic (exact) mass is 356 g/mol. The second kappa shape index (κ2) is 6.19. The lowest BCUT2D eigenvalue weighted by Gasteiger charge is -2.15. The summed E-state index contributed by atoms with van der Waals surface area (Å²) in [6, 6.07) is 27.0. The van der Waals surface area contributed by atoms with E-state index in [9.17, 15) is 0 Å². The van der Waals surface area contributed by atoms with Crippen LogP contribution in [0, 0.1) is 0 Å². The predicted octanol–water partition coefficient (Wildman–Crippen LogP) is 7.03. The average Bonchev–Trinajstić information content (AvgIpc) is 3.09. The first-order valence-corrected chi connectivity index (χ1v) is 9.24. The molecule has 26 heavy (non-hydrogen) atoms. The zero-order valence-electron chi connectivity index (χ0n) is 14.2. The smallest absolute Gasteiger partial charge is 0.142 e. The molecule has 1 aromatic heterocycles. The molecule has 5 rings (SSSR count). The van der Waals surface area contributed by atoms with Crippen LogP contribution in [-0.2, 0) is 12.8 Å². The number of furan rings is 1. The Hall–Kier alpha value is -2.77. The van der Waals surface area contributed by atoms with Crippen LogP contribution in [-0.4, -0.2) is 0 Å². The van der Waals surface area contributed by atoms with Crippen molar-refractivity contribution in [1.29, 1.82) is 0 Å². The molecule has 0 amide bonds. The molecule has 0 unspecified atom stereocenters. The molecule has 1 aliphatic carbocycles. The Morgan fingerprint density at radius 2 is 1.38 bits per heavy atom. The summed E-state index contributed by atoms with van der Waals surface area (Å²) in [5.41, 5.74) is 7.33. The van der Waals surface area contributed by atoms with Crippen molar-refractivity contribution in [3.05, 3.63) is 95.0 Å². The molecule has 4 aromatic rings. The van der Waals surface area contributed by atoms with Crippen molar-refractivity contribution in [3.8, 4) is 33.8 Å². The lowest BCUT2D eigenvalue weighted by molar-refractivity contribution is 0.590. The first-order valence-electron chi connectivity index (χ1n) is 8.86. The fraction of sp³-hybridized carbons (Fsp3) is 0.0833. The minimum absolute atomic E-state index is 0.733. The number of halogens is 1. The minimum Gasteiger partial charge on any atom is -0.455 e. The summed E-state index contributed by atoms with van der Waals surface area (Å²) in [5.74, 6) is 1.94. The van der Waals surface area contributed by atoms with E-state index >= 15 is 0 Å². The van der Waals surface area contributed by atoms with Gasteiger partial charge in [0.2, 0.25) is 0 Å². The molecule has 0 bridgehead atoms.